The molecule has 1 unspecified atom stereocenters. The third-order valence-corrected chi connectivity index (χ3v) is 6.06. The van der Waals surface area contributed by atoms with Crippen LogP contribution in [-0.2, 0) is 7.05 Å². The van der Waals surface area contributed by atoms with E-state index < -0.39 is 11.6 Å². The third-order valence-electron chi connectivity index (χ3n) is 5.84. The summed E-state index contributed by atoms with van der Waals surface area (Å²) in [4.78, 5) is 27.7. The van der Waals surface area contributed by atoms with Crippen LogP contribution in [0, 0.1) is 11.6 Å². The number of nitrogens with zero attached hydrogens (tertiary/aromatic N) is 5. The van der Waals surface area contributed by atoms with Gasteiger partial charge >= 0.3 is 0 Å². The highest BCUT2D eigenvalue weighted by Gasteiger charge is 2.26. The lowest BCUT2D eigenvalue weighted by Gasteiger charge is -2.30. The molecule has 1 amide bonds. The van der Waals surface area contributed by atoms with Crippen molar-refractivity contribution in [2.45, 2.75) is 37.8 Å². The van der Waals surface area contributed by atoms with Crippen LogP contribution in [0.1, 0.15) is 36.3 Å². The Morgan fingerprint density at radius 3 is 2.82 bits per heavy atom. The van der Waals surface area contributed by atoms with Gasteiger partial charge in [-0.05, 0) is 37.8 Å². The van der Waals surface area contributed by atoms with Gasteiger partial charge in [-0.3, -0.25) is 9.48 Å². The predicted octanol–water partition coefficient (Wildman–Crippen LogP) is 3.84. The lowest BCUT2D eigenvalue weighted by atomic mass is 9.91. The maximum atomic E-state index is 14.6. The van der Waals surface area contributed by atoms with Crippen molar-refractivity contribution in [3.63, 3.8) is 0 Å². The molecule has 3 heterocycles. The Bertz CT molecular complexity index is 1370. The Kier molecular flexibility index (Phi) is 5.86. The number of H-pyrrole nitrogens is 1. The first kappa shape index (κ1) is 22.2. The number of fused-ring (bicyclic) bond motifs is 1. The Morgan fingerprint density at radius 1 is 1.21 bits per heavy atom. The fraction of sp³-hybridized carbons (Fsp3) is 0.318. The molecule has 34 heavy (non-hydrogen) atoms. The molecule has 5 rings (SSSR count). The molecule has 1 aliphatic carbocycles. The SMILES string of the molecule is Cn1cnc(C(=O)N[C@@H]2CCCC(Nc3nc(-c4c[nH]c5c(F)cc(Cl)cc45)ncc3F)C2)n1. The van der Waals surface area contributed by atoms with Crippen LogP contribution >= 0.6 is 11.6 Å². The molecule has 1 saturated carbocycles. The van der Waals surface area contributed by atoms with Gasteiger partial charge in [-0.2, -0.15) is 0 Å². The van der Waals surface area contributed by atoms with Gasteiger partial charge in [0.15, 0.2) is 17.5 Å². The number of aryl methyl sites for hydroxylation is 1. The largest absolute Gasteiger partial charge is 0.365 e. The minimum absolute atomic E-state index is 0.0465. The second kappa shape index (κ2) is 8.98. The fourth-order valence-electron chi connectivity index (χ4n) is 4.28. The van der Waals surface area contributed by atoms with E-state index in [0.717, 1.165) is 25.5 Å². The maximum absolute atomic E-state index is 14.6. The Balaban J connectivity index is 1.33. The van der Waals surface area contributed by atoms with Crippen molar-refractivity contribution in [3.05, 3.63) is 53.3 Å². The van der Waals surface area contributed by atoms with Crippen LogP contribution in [0.2, 0.25) is 5.02 Å². The number of aromatic amines is 1. The summed E-state index contributed by atoms with van der Waals surface area (Å²) >= 11 is 6.01. The van der Waals surface area contributed by atoms with Crippen LogP contribution in [0.15, 0.2) is 30.9 Å². The number of rotatable bonds is 5. The number of aromatic nitrogens is 6. The molecule has 1 aromatic carbocycles. The Morgan fingerprint density at radius 2 is 2.03 bits per heavy atom. The molecule has 2 atom stereocenters. The van der Waals surface area contributed by atoms with E-state index in [9.17, 15) is 13.6 Å². The highest BCUT2D eigenvalue weighted by atomic mass is 35.5. The Hall–Kier alpha value is -3.60. The molecule has 3 N–H and O–H groups in total. The van der Waals surface area contributed by atoms with Gasteiger partial charge in [0.05, 0.1) is 11.7 Å². The summed E-state index contributed by atoms with van der Waals surface area (Å²) in [7, 11) is 1.69. The Labute approximate surface area is 198 Å². The van der Waals surface area contributed by atoms with Crippen LogP contribution in [0.3, 0.4) is 0 Å². The zero-order valence-corrected chi connectivity index (χ0v) is 18.9. The molecule has 0 spiro atoms. The van der Waals surface area contributed by atoms with E-state index in [1.807, 2.05) is 0 Å². The van der Waals surface area contributed by atoms with Crippen molar-refractivity contribution >= 4 is 34.2 Å². The molecule has 4 aromatic rings. The molecule has 0 aliphatic heterocycles. The van der Waals surface area contributed by atoms with Crippen molar-refractivity contribution in [2.75, 3.05) is 5.32 Å². The molecule has 1 aliphatic rings. The quantitative estimate of drug-likeness (QED) is 0.395. The number of benzene rings is 1. The van der Waals surface area contributed by atoms with Gasteiger partial charge in [0.2, 0.25) is 5.82 Å². The van der Waals surface area contributed by atoms with E-state index in [4.69, 9.17) is 11.6 Å². The average molecular weight is 487 g/mol. The number of hydrogen-bond donors (Lipinski definition) is 3. The summed E-state index contributed by atoms with van der Waals surface area (Å²) in [6.07, 6.45) is 7.14. The van der Waals surface area contributed by atoms with E-state index in [0.29, 0.717) is 17.4 Å². The van der Waals surface area contributed by atoms with Crippen LogP contribution in [0.25, 0.3) is 22.3 Å². The zero-order chi connectivity index (χ0) is 23.8. The monoisotopic (exact) mass is 486 g/mol. The summed E-state index contributed by atoms with van der Waals surface area (Å²) < 4.78 is 30.2. The first-order valence-electron chi connectivity index (χ1n) is 10.8. The maximum Gasteiger partial charge on any atom is 0.291 e. The van der Waals surface area contributed by atoms with Gasteiger partial charge in [0, 0.05) is 41.3 Å². The number of carbonyl (C=O) groups is 1. The zero-order valence-electron chi connectivity index (χ0n) is 18.1. The molecular weight excluding hydrogens is 466 g/mol. The van der Waals surface area contributed by atoms with Crippen molar-refractivity contribution in [1.82, 2.24) is 35.0 Å². The van der Waals surface area contributed by atoms with E-state index in [-0.39, 0.29) is 46.0 Å². The first-order valence-corrected chi connectivity index (χ1v) is 11.2. The van der Waals surface area contributed by atoms with Crippen LogP contribution in [-0.4, -0.2) is 47.7 Å². The minimum Gasteiger partial charge on any atom is -0.365 e. The molecule has 9 nitrogen and oxygen atoms in total. The highest BCUT2D eigenvalue weighted by Crippen LogP contribution is 2.31. The van der Waals surface area contributed by atoms with Gasteiger partial charge in [0.25, 0.3) is 5.91 Å². The van der Waals surface area contributed by atoms with Crippen molar-refractivity contribution in [1.29, 1.82) is 0 Å². The van der Waals surface area contributed by atoms with E-state index >= 15 is 0 Å². The molecule has 12 heteroatoms. The second-order valence-electron chi connectivity index (χ2n) is 8.32. The number of nitrogens with one attached hydrogen (secondary N) is 3. The number of halogens is 3. The van der Waals surface area contributed by atoms with Crippen LogP contribution in [0.4, 0.5) is 14.6 Å². The average Bonchev–Trinajstić information content (AvgIpc) is 3.42. The van der Waals surface area contributed by atoms with Gasteiger partial charge < -0.3 is 15.6 Å². The minimum atomic E-state index is -0.600. The second-order valence-corrected chi connectivity index (χ2v) is 8.76. The number of hydrogen-bond acceptors (Lipinski definition) is 6. The molecular formula is C22H21ClF2N8O. The van der Waals surface area contributed by atoms with Gasteiger partial charge in [0.1, 0.15) is 12.1 Å². The topological polar surface area (TPSA) is 113 Å². The highest BCUT2D eigenvalue weighted by molar-refractivity contribution is 6.31. The van der Waals surface area contributed by atoms with E-state index in [1.165, 1.54) is 17.1 Å². The predicted molar refractivity (Wildman–Crippen MR) is 122 cm³/mol. The lowest BCUT2D eigenvalue weighted by molar-refractivity contribution is 0.0915. The molecule has 3 aromatic heterocycles. The van der Waals surface area contributed by atoms with Gasteiger partial charge in [-0.1, -0.05) is 11.6 Å². The number of amides is 1. The smallest absolute Gasteiger partial charge is 0.291 e. The summed E-state index contributed by atoms with van der Waals surface area (Å²) in [6, 6.07) is 2.61. The fourth-order valence-corrected chi connectivity index (χ4v) is 4.48. The van der Waals surface area contributed by atoms with Crippen molar-refractivity contribution in [3.8, 4) is 11.4 Å². The molecule has 1 fully saturated rings. The molecule has 0 saturated heterocycles. The summed E-state index contributed by atoms with van der Waals surface area (Å²) in [6.45, 7) is 0. The van der Waals surface area contributed by atoms with Gasteiger partial charge in [-0.15, -0.1) is 5.10 Å². The summed E-state index contributed by atoms with van der Waals surface area (Å²) in [5, 5.41) is 10.9. The van der Waals surface area contributed by atoms with Crippen molar-refractivity contribution < 1.29 is 13.6 Å². The molecule has 0 bridgehead atoms. The molecule has 176 valence electrons. The number of anilines is 1. The normalized spacial score (nSPS) is 18.2. The van der Waals surface area contributed by atoms with E-state index in [1.54, 1.807) is 19.3 Å². The van der Waals surface area contributed by atoms with E-state index in [2.05, 4.69) is 35.7 Å². The van der Waals surface area contributed by atoms with Crippen LogP contribution in [0.5, 0.6) is 0 Å². The van der Waals surface area contributed by atoms with Gasteiger partial charge in [-0.25, -0.2) is 23.7 Å². The summed E-state index contributed by atoms with van der Waals surface area (Å²) in [5.74, 6) is -1.04. The molecule has 0 radical (unpaired) electrons. The first-order chi connectivity index (χ1) is 16.4. The number of carbonyl (C=O) groups excluding carboxylic acids is 1. The van der Waals surface area contributed by atoms with Crippen molar-refractivity contribution in [2.24, 2.45) is 7.05 Å². The third kappa shape index (κ3) is 4.43. The van der Waals surface area contributed by atoms with Crippen LogP contribution < -0.4 is 10.6 Å². The lowest BCUT2D eigenvalue weighted by Crippen LogP contribution is -2.42. The standard InChI is InChI=1S/C22H21ClF2N8O/c1-33-10-28-21(32-33)22(34)30-13-4-2-3-12(7-13)29-20-17(25)9-27-19(31-20)15-8-26-18-14(15)5-11(23)6-16(18)24/h5-6,8-10,12-13,26H,2-4,7H2,1H3,(H,30,34)(H,27,29,31)/t12?,13-/m1/s1. The summed E-state index contributed by atoms with van der Waals surface area (Å²) in [5.41, 5.74) is 0.784.